The van der Waals surface area contributed by atoms with Gasteiger partial charge in [-0.3, -0.25) is 19.4 Å². The highest BCUT2D eigenvalue weighted by atomic mass is 35.5. The van der Waals surface area contributed by atoms with E-state index in [0.29, 0.717) is 59.9 Å². The molecule has 0 radical (unpaired) electrons. The Morgan fingerprint density at radius 3 is 1.38 bits per heavy atom. The summed E-state index contributed by atoms with van der Waals surface area (Å²) in [6.45, 7) is 15.5. The highest BCUT2D eigenvalue weighted by molar-refractivity contribution is 7.90. The van der Waals surface area contributed by atoms with Crippen molar-refractivity contribution < 1.29 is 26.4 Å². The lowest BCUT2D eigenvalue weighted by molar-refractivity contribution is -0.131. The Bertz CT molecular complexity index is 4710. The van der Waals surface area contributed by atoms with Crippen LogP contribution in [0.5, 0.6) is 0 Å². The molecule has 10 aromatic rings. The number of nitrogens with one attached hydrogen (secondary N) is 7. The molecule has 0 bridgehead atoms. The second-order valence-electron chi connectivity index (χ2n) is 27.3. The minimum atomic E-state index is -3.81. The fourth-order valence-electron chi connectivity index (χ4n) is 14.3. The van der Waals surface area contributed by atoms with Crippen LogP contribution in [0.3, 0.4) is 0 Å². The van der Waals surface area contributed by atoms with Crippen LogP contribution in [-0.2, 0) is 42.7 Å². The molecule has 11 heterocycles. The van der Waals surface area contributed by atoms with Crippen molar-refractivity contribution in [1.29, 1.82) is 0 Å². The van der Waals surface area contributed by atoms with Crippen LogP contribution in [0.2, 0.25) is 0 Å². The van der Waals surface area contributed by atoms with Crippen LogP contribution in [0.4, 0.5) is 28.8 Å². The van der Waals surface area contributed by atoms with E-state index in [1.54, 1.807) is 73.2 Å². The quantitative estimate of drug-likeness (QED) is 0.0373. The number of likely N-dealkylation sites (tertiary alicyclic amines) is 4. The summed E-state index contributed by atoms with van der Waals surface area (Å²) >= 11 is 0. The second kappa shape index (κ2) is 34.4. The summed E-state index contributed by atoms with van der Waals surface area (Å²) in [7, 11) is -7.52. The maximum Gasteiger partial charge on any atom is 0.269 e. The normalized spacial score (nSPS) is 18.4. The first kappa shape index (κ1) is 73.5. The first-order valence-electron chi connectivity index (χ1n) is 35.9. The van der Waals surface area contributed by atoms with E-state index in [9.17, 15) is 26.4 Å². The number of carbonyl (C=O) groups excluding carboxylic acids is 2. The number of para-hydroxylation sites is 2. The Hall–Kier alpha value is -9.25. The minimum Gasteiger partial charge on any atom is -0.376 e. The van der Waals surface area contributed by atoms with Crippen LogP contribution in [0.15, 0.2) is 163 Å². The summed E-state index contributed by atoms with van der Waals surface area (Å²) in [5.41, 5.74) is 8.09. The zero-order valence-electron chi connectivity index (χ0n) is 58.6. The van der Waals surface area contributed by atoms with E-state index in [2.05, 4.69) is 113 Å². The van der Waals surface area contributed by atoms with Crippen molar-refractivity contribution in [3.8, 4) is 0 Å². The molecule has 3 atom stereocenters. The third kappa shape index (κ3) is 18.2. The van der Waals surface area contributed by atoms with E-state index >= 15 is 0 Å². The van der Waals surface area contributed by atoms with Gasteiger partial charge in [0.15, 0.2) is 11.3 Å². The van der Waals surface area contributed by atoms with E-state index in [1.807, 2.05) is 48.0 Å². The fourth-order valence-corrected chi connectivity index (χ4v) is 16.9. The van der Waals surface area contributed by atoms with Crippen molar-refractivity contribution in [2.45, 2.75) is 132 Å². The number of nitrogens with zero attached hydrogens (tertiary/aromatic N) is 12. The molecule has 4 aromatic carbocycles. The smallest absolute Gasteiger partial charge is 0.269 e. The van der Waals surface area contributed by atoms with E-state index < -0.39 is 20.0 Å². The van der Waals surface area contributed by atoms with E-state index in [1.165, 1.54) is 76.4 Å². The highest BCUT2D eigenvalue weighted by Crippen LogP contribution is 2.30. The minimum absolute atomic E-state index is 0. The molecule has 2 amide bonds. The number of amides is 2. The molecule has 7 N–H and O–H groups in total. The van der Waals surface area contributed by atoms with Gasteiger partial charge in [-0.1, -0.05) is 84.6 Å². The van der Waals surface area contributed by atoms with Crippen LogP contribution in [0.1, 0.15) is 99.3 Å². The molecule has 15 rings (SSSR count). The molecule has 0 saturated carbocycles. The molecule has 5 fully saturated rings. The molecule has 6 aromatic heterocycles. The third-order valence-electron chi connectivity index (χ3n) is 19.9. The monoisotopic (exact) mass is 1460 g/mol. The SMILES string of the molecule is Cc1ccc(S(=O)(=O)n2ccc3c(N[C@H]4CCCN(C(=O)CNc5ccccc5CN5CCCCC5)C4)ncnc32)cc1.Cc1ccc(S(=O)(=O)n2ccc3c(N[C@H]4CCCNC4)ncnc32)cc1.Cl.O=C(CNc1ccccc1CN1CCCCC1)N1CCC[C@H](Nc2ncnc3[nH]ccc23)C1. The second-order valence-corrected chi connectivity index (χ2v) is 30.9. The number of aromatic nitrogens is 9. The molecule has 103 heavy (non-hydrogen) atoms. The number of benzene rings is 4. The van der Waals surface area contributed by atoms with E-state index in [0.717, 1.165) is 137 Å². The van der Waals surface area contributed by atoms with Crippen LogP contribution in [0, 0.1) is 13.8 Å². The van der Waals surface area contributed by atoms with Gasteiger partial charge in [0.05, 0.1) is 39.0 Å². The Labute approximate surface area is 609 Å². The topological polar surface area (TPSA) is 291 Å². The highest BCUT2D eigenvalue weighted by Gasteiger charge is 2.29. The van der Waals surface area contributed by atoms with Gasteiger partial charge in [-0.25, -0.2) is 54.7 Å². The Kier molecular flexibility index (Phi) is 24.5. The summed E-state index contributed by atoms with van der Waals surface area (Å²) in [6.07, 6.45) is 22.9. The number of aromatic amines is 1. The van der Waals surface area contributed by atoms with E-state index in [-0.39, 0.29) is 58.7 Å². The van der Waals surface area contributed by atoms with Gasteiger partial charge in [0, 0.05) is 93.9 Å². The molecule has 5 saturated heterocycles. The zero-order chi connectivity index (χ0) is 70.4. The molecule has 25 nitrogen and oxygen atoms in total. The van der Waals surface area contributed by atoms with Gasteiger partial charge in [-0.2, -0.15) is 0 Å². The third-order valence-corrected chi connectivity index (χ3v) is 23.2. The number of aryl methyl sites for hydroxylation is 2. The number of hydrogen-bond donors (Lipinski definition) is 7. The molecule has 0 spiro atoms. The summed E-state index contributed by atoms with van der Waals surface area (Å²) < 4.78 is 55.1. The van der Waals surface area contributed by atoms with Gasteiger partial charge >= 0.3 is 0 Å². The lowest BCUT2D eigenvalue weighted by Crippen LogP contribution is -2.47. The Balaban J connectivity index is 0.000000150. The first-order valence-corrected chi connectivity index (χ1v) is 38.8. The number of H-pyrrole nitrogens is 1. The van der Waals surface area contributed by atoms with Gasteiger partial charge in [-0.15, -0.1) is 12.4 Å². The molecular formula is C75H94ClN19O6S2. The summed E-state index contributed by atoms with van der Waals surface area (Å²) in [4.78, 5) is 64.7. The first-order chi connectivity index (χ1) is 49.7. The van der Waals surface area contributed by atoms with Crippen molar-refractivity contribution in [1.82, 2.24) is 67.7 Å². The lowest BCUT2D eigenvalue weighted by atomic mass is 10.1. The van der Waals surface area contributed by atoms with Gasteiger partial charge < -0.3 is 46.7 Å². The van der Waals surface area contributed by atoms with Crippen molar-refractivity contribution >= 4 is 106 Å². The molecule has 5 aliphatic heterocycles. The number of hydrogen-bond acceptors (Lipinski definition) is 20. The standard InChI is InChI=1S/C32H39N7O3S.C25H33N7O.C18H21N5O2S.ClH/c1-24-11-13-27(14-12-24)43(41,42)39-19-15-28-31(34-23-35-32(28)39)36-26-9-7-18-38(22-26)30(40)20-33-29-10-4-3-8-25(29)21-37-16-5-2-6-17-37;33-23(15-27-22-9-3-2-7-19(22)16-31-12-4-1-5-13-31)32-14-6-8-20(17-32)30-25-21-10-11-26-24(21)28-18-29-25;1-13-4-6-15(7-5-13)26(24,25)23-10-8-16-17(20-12-21-18(16)23)22-14-3-2-9-19-11-14;/h3-4,8,10-15,19,23,26,33H,2,5-7,9,16-18,20-22H2,1H3,(H,34,35,36);2-3,7,9-11,18,20,27H,1,4-6,8,12-17H2,(H2,26,28,29,30);4-8,10,12,14,19H,2-3,9,11H2,1H3,(H,20,21,22);1H/t26-;20-;14-;/m000./s1. The maximum atomic E-state index is 13.4. The van der Waals surface area contributed by atoms with Crippen LogP contribution in [-0.4, -0.2) is 188 Å². The largest absolute Gasteiger partial charge is 0.376 e. The van der Waals surface area contributed by atoms with Crippen molar-refractivity contribution in [3.05, 3.63) is 175 Å². The number of carbonyl (C=O) groups is 2. The van der Waals surface area contributed by atoms with Crippen LogP contribution >= 0.6 is 12.4 Å². The van der Waals surface area contributed by atoms with Crippen LogP contribution < -0.4 is 31.9 Å². The fraction of sp³-hybridized carbons (Fsp3) is 0.413. The van der Waals surface area contributed by atoms with Crippen molar-refractivity contribution in [2.75, 3.05) is 105 Å². The number of anilines is 5. The number of piperidine rings is 5. The summed E-state index contributed by atoms with van der Waals surface area (Å²) in [6, 6.07) is 36.1. The molecule has 544 valence electrons. The lowest BCUT2D eigenvalue weighted by Gasteiger charge is -2.34. The predicted molar refractivity (Wildman–Crippen MR) is 408 cm³/mol. The van der Waals surface area contributed by atoms with Crippen molar-refractivity contribution in [3.63, 3.8) is 0 Å². The number of rotatable bonds is 20. The molecule has 0 aliphatic carbocycles. The predicted octanol–water partition coefficient (Wildman–Crippen LogP) is 10.5. The molecule has 0 unspecified atom stereocenters. The van der Waals surface area contributed by atoms with Gasteiger partial charge in [0.2, 0.25) is 11.8 Å². The zero-order valence-corrected chi connectivity index (χ0v) is 61.0. The Morgan fingerprint density at radius 2 is 0.913 bits per heavy atom. The molecule has 28 heteroatoms. The number of fused-ring (bicyclic) bond motifs is 3. The van der Waals surface area contributed by atoms with Gasteiger partial charge in [0.1, 0.15) is 42.1 Å². The summed E-state index contributed by atoms with van der Waals surface area (Å²) in [5.74, 6) is 2.25. The van der Waals surface area contributed by atoms with Gasteiger partial charge in [-0.05, 0) is 177 Å². The Morgan fingerprint density at radius 1 is 0.476 bits per heavy atom. The molecular weight excluding hydrogens is 1360 g/mol. The molecule has 5 aliphatic rings. The number of halogens is 1. The van der Waals surface area contributed by atoms with E-state index in [4.69, 9.17) is 0 Å². The van der Waals surface area contributed by atoms with Crippen molar-refractivity contribution in [2.24, 2.45) is 0 Å². The van der Waals surface area contributed by atoms with Crippen LogP contribution in [0.25, 0.3) is 33.1 Å². The maximum absolute atomic E-state index is 13.4. The summed E-state index contributed by atoms with van der Waals surface area (Å²) in [5, 5.41) is 22.9. The average molecular weight is 1460 g/mol. The van der Waals surface area contributed by atoms with Gasteiger partial charge in [0.25, 0.3) is 20.0 Å². The average Bonchev–Trinajstić information content (AvgIpc) is 1.65.